The van der Waals surface area contributed by atoms with Crippen LogP contribution in [0.4, 0.5) is 11.4 Å². The maximum absolute atomic E-state index is 12.6. The largest absolute Gasteiger partial charge is 0.507 e. The molecule has 138 valence electrons. The molecular formula is C21H15N3O3S. The van der Waals surface area contributed by atoms with Crippen LogP contribution in [0, 0.1) is 17.2 Å². The second-order valence-corrected chi connectivity index (χ2v) is 8.85. The first-order valence-electron chi connectivity index (χ1n) is 8.86. The van der Waals surface area contributed by atoms with E-state index < -0.39 is 9.84 Å². The Morgan fingerprint density at radius 3 is 2.75 bits per heavy atom. The van der Waals surface area contributed by atoms with Crippen LogP contribution < -0.4 is 5.32 Å². The summed E-state index contributed by atoms with van der Waals surface area (Å²) in [7, 11) is -3.45. The zero-order chi connectivity index (χ0) is 19.5. The fraction of sp³-hybridized carbons (Fsp3) is 0.143. The number of anilines is 2. The molecule has 0 saturated heterocycles. The third-order valence-corrected chi connectivity index (χ3v) is 6.67. The first-order valence-corrected chi connectivity index (χ1v) is 10.4. The molecule has 2 heterocycles. The first kappa shape index (κ1) is 16.8. The van der Waals surface area contributed by atoms with E-state index in [1.165, 1.54) is 11.5 Å². The number of rotatable bonds is 3. The molecule has 2 aromatic carbocycles. The molecule has 3 aromatic rings. The van der Waals surface area contributed by atoms with Gasteiger partial charge in [-0.25, -0.2) is 8.42 Å². The molecule has 5 rings (SSSR count). The summed E-state index contributed by atoms with van der Waals surface area (Å²) in [4.78, 5) is 4.74. The van der Waals surface area contributed by atoms with E-state index in [0.29, 0.717) is 33.1 Å². The quantitative estimate of drug-likeness (QED) is 0.654. The molecule has 6 nitrogen and oxygen atoms in total. The topological polar surface area (TPSA) is 103 Å². The number of aromatic hydroxyl groups is 1. The van der Waals surface area contributed by atoms with E-state index in [-0.39, 0.29) is 11.3 Å². The Kier molecular flexibility index (Phi) is 3.48. The molecule has 2 N–H and O–H groups in total. The monoisotopic (exact) mass is 389 g/mol. The van der Waals surface area contributed by atoms with Gasteiger partial charge in [0, 0.05) is 28.4 Å². The number of hydrogen-bond donors (Lipinski definition) is 2. The number of allylic oxidation sites excluding steroid dienone is 1. The van der Waals surface area contributed by atoms with E-state index in [1.807, 2.05) is 12.1 Å². The van der Waals surface area contributed by atoms with Gasteiger partial charge in [0.25, 0.3) is 0 Å². The molecular weight excluding hydrogens is 374 g/mol. The van der Waals surface area contributed by atoms with Gasteiger partial charge in [0.05, 0.1) is 16.0 Å². The molecule has 0 unspecified atom stereocenters. The van der Waals surface area contributed by atoms with Crippen LogP contribution in [0.3, 0.4) is 0 Å². The number of hydrogen-bond acceptors (Lipinski definition) is 6. The number of nitrogens with zero attached hydrogens (tertiary/aromatic N) is 2. The van der Waals surface area contributed by atoms with Gasteiger partial charge in [0.15, 0.2) is 0 Å². The van der Waals surface area contributed by atoms with Crippen molar-refractivity contribution in [1.29, 1.82) is 5.26 Å². The number of pyridine rings is 1. The van der Waals surface area contributed by atoms with Crippen molar-refractivity contribution in [2.24, 2.45) is 5.92 Å². The lowest BCUT2D eigenvalue weighted by Gasteiger charge is -2.12. The molecule has 1 fully saturated rings. The summed E-state index contributed by atoms with van der Waals surface area (Å²) in [6.07, 6.45) is 3.71. The van der Waals surface area contributed by atoms with Crippen molar-refractivity contribution in [2.45, 2.75) is 17.7 Å². The number of nitrogens with one attached hydrogen (secondary N) is 1. The van der Waals surface area contributed by atoms with E-state index in [4.69, 9.17) is 5.26 Å². The average molecular weight is 389 g/mol. The summed E-state index contributed by atoms with van der Waals surface area (Å²) in [6, 6.07) is 11.8. The van der Waals surface area contributed by atoms with Gasteiger partial charge < -0.3 is 10.4 Å². The van der Waals surface area contributed by atoms with Crippen molar-refractivity contribution in [2.75, 3.05) is 5.32 Å². The lowest BCUT2D eigenvalue weighted by Crippen LogP contribution is -1.97. The highest BCUT2D eigenvalue weighted by molar-refractivity contribution is 7.95. The molecule has 0 bridgehead atoms. The highest BCUT2D eigenvalue weighted by atomic mass is 32.2. The highest BCUT2D eigenvalue weighted by Gasteiger charge is 2.36. The molecule has 0 spiro atoms. The zero-order valence-electron chi connectivity index (χ0n) is 14.7. The van der Waals surface area contributed by atoms with Crippen molar-refractivity contribution in [1.82, 2.24) is 4.98 Å². The second kappa shape index (κ2) is 5.81. The lowest BCUT2D eigenvalue weighted by molar-refractivity contribution is 0.473. The molecule has 2 aliphatic rings. The Bertz CT molecular complexity index is 1330. The Hall–Kier alpha value is -3.37. The smallest absolute Gasteiger partial charge is 0.200 e. The molecule has 0 radical (unpaired) electrons. The standard InChI is InChI=1S/C21H15N3O3S/c22-10-13-7-14(3-4-20(13)25)24-18-5-6-23-19-8-15-17(12-1-2-12)11-28(26,27)21(15)9-16(18)19/h3-9,11-12,25H,1-2H2,(H,23,24). The van der Waals surface area contributed by atoms with Crippen LogP contribution in [0.25, 0.3) is 16.5 Å². The van der Waals surface area contributed by atoms with E-state index in [2.05, 4.69) is 10.3 Å². The average Bonchev–Trinajstić information content (AvgIpc) is 3.48. The molecule has 1 aliphatic carbocycles. The van der Waals surface area contributed by atoms with Crippen molar-refractivity contribution in [3.05, 3.63) is 59.1 Å². The van der Waals surface area contributed by atoms with Crippen LogP contribution in [-0.4, -0.2) is 18.5 Å². The Balaban J connectivity index is 1.64. The minimum Gasteiger partial charge on any atom is -0.507 e. The minimum absolute atomic E-state index is 0.0878. The van der Waals surface area contributed by atoms with Crippen LogP contribution in [0.5, 0.6) is 5.75 Å². The summed E-state index contributed by atoms with van der Waals surface area (Å²) in [5, 5.41) is 24.1. The van der Waals surface area contributed by atoms with Gasteiger partial charge in [0.1, 0.15) is 11.8 Å². The summed E-state index contributed by atoms with van der Waals surface area (Å²) in [5.74, 6) is 0.242. The van der Waals surface area contributed by atoms with Crippen LogP contribution in [0.2, 0.25) is 0 Å². The third kappa shape index (κ3) is 2.62. The van der Waals surface area contributed by atoms with E-state index in [1.54, 1.807) is 30.5 Å². The fourth-order valence-electron chi connectivity index (χ4n) is 3.61. The highest BCUT2D eigenvalue weighted by Crippen LogP contribution is 2.49. The molecule has 28 heavy (non-hydrogen) atoms. The maximum atomic E-state index is 12.6. The minimum atomic E-state index is -3.45. The van der Waals surface area contributed by atoms with Gasteiger partial charge in [-0.05, 0) is 66.3 Å². The molecule has 1 aliphatic heterocycles. The number of nitriles is 1. The molecule has 0 atom stereocenters. The van der Waals surface area contributed by atoms with Gasteiger partial charge in [-0.1, -0.05) is 0 Å². The molecule has 1 aromatic heterocycles. The molecule has 7 heteroatoms. The maximum Gasteiger partial charge on any atom is 0.200 e. The van der Waals surface area contributed by atoms with Gasteiger partial charge in [-0.3, -0.25) is 4.98 Å². The van der Waals surface area contributed by atoms with Crippen molar-refractivity contribution < 1.29 is 13.5 Å². The van der Waals surface area contributed by atoms with Gasteiger partial charge in [0.2, 0.25) is 9.84 Å². The van der Waals surface area contributed by atoms with Crippen molar-refractivity contribution in [3.63, 3.8) is 0 Å². The first-order chi connectivity index (χ1) is 13.5. The Morgan fingerprint density at radius 1 is 1.18 bits per heavy atom. The predicted octanol–water partition coefficient (Wildman–Crippen LogP) is 4.09. The third-order valence-electron chi connectivity index (χ3n) is 5.16. The van der Waals surface area contributed by atoms with Crippen LogP contribution in [0.15, 0.2) is 52.9 Å². The van der Waals surface area contributed by atoms with Gasteiger partial charge >= 0.3 is 0 Å². The number of sulfone groups is 1. The normalized spacial score (nSPS) is 17.0. The summed E-state index contributed by atoms with van der Waals surface area (Å²) in [6.45, 7) is 0. The van der Waals surface area contributed by atoms with Gasteiger partial charge in [-0.2, -0.15) is 5.26 Å². The SMILES string of the molecule is N#Cc1cc(Nc2ccnc3cc4c(cc23)S(=O)(=O)C=C4C2CC2)ccc1O. The number of aromatic nitrogens is 1. The molecule has 1 saturated carbocycles. The van der Waals surface area contributed by atoms with E-state index in [0.717, 1.165) is 24.0 Å². The fourth-order valence-corrected chi connectivity index (χ4v) is 5.15. The summed E-state index contributed by atoms with van der Waals surface area (Å²) < 4.78 is 25.3. The van der Waals surface area contributed by atoms with Crippen LogP contribution in [-0.2, 0) is 9.84 Å². The summed E-state index contributed by atoms with van der Waals surface area (Å²) >= 11 is 0. The number of phenols is 1. The number of benzene rings is 2. The zero-order valence-corrected chi connectivity index (χ0v) is 15.5. The number of fused-ring (bicyclic) bond motifs is 2. The Morgan fingerprint density at radius 2 is 2.00 bits per heavy atom. The van der Waals surface area contributed by atoms with Crippen molar-refractivity contribution >= 4 is 37.7 Å². The van der Waals surface area contributed by atoms with E-state index >= 15 is 0 Å². The van der Waals surface area contributed by atoms with Crippen LogP contribution in [0.1, 0.15) is 24.0 Å². The molecule has 0 amide bonds. The van der Waals surface area contributed by atoms with Crippen LogP contribution >= 0.6 is 0 Å². The van der Waals surface area contributed by atoms with Gasteiger partial charge in [-0.15, -0.1) is 0 Å². The van der Waals surface area contributed by atoms with Crippen molar-refractivity contribution in [3.8, 4) is 11.8 Å². The lowest BCUT2D eigenvalue weighted by atomic mass is 10.0. The number of phenolic OH excluding ortho intramolecular Hbond substituents is 1. The predicted molar refractivity (Wildman–Crippen MR) is 106 cm³/mol. The second-order valence-electron chi connectivity index (χ2n) is 7.09. The summed E-state index contributed by atoms with van der Waals surface area (Å²) in [5.41, 5.74) is 3.81. The van der Waals surface area contributed by atoms with E-state index in [9.17, 15) is 13.5 Å². The Labute approximate surface area is 161 Å².